The summed E-state index contributed by atoms with van der Waals surface area (Å²) >= 11 is 0. The van der Waals surface area contributed by atoms with Crippen LogP contribution in [0.2, 0.25) is 0 Å². The van der Waals surface area contributed by atoms with Crippen LogP contribution in [0.25, 0.3) is 12.2 Å². The van der Waals surface area contributed by atoms with Crippen LogP contribution in [0.15, 0.2) is 42.5 Å². The monoisotopic (exact) mass is 394 g/mol. The van der Waals surface area contributed by atoms with Gasteiger partial charge in [0.25, 0.3) is 0 Å². The summed E-state index contributed by atoms with van der Waals surface area (Å²) in [6.45, 7) is 5.23. The maximum atomic E-state index is 12.6. The van der Waals surface area contributed by atoms with E-state index in [2.05, 4.69) is 0 Å². The molecule has 0 heterocycles. The molecule has 0 fully saturated rings. The van der Waals surface area contributed by atoms with Gasteiger partial charge in [-0.15, -0.1) is 0 Å². The first-order valence-electron chi connectivity index (χ1n) is 9.29. The topological polar surface area (TPSA) is 61.8 Å². The number of hydrogen-bond acceptors (Lipinski definition) is 5. The Kier molecular flexibility index (Phi) is 7.78. The maximum Gasteiger partial charge on any atom is 0.315 e. The second-order valence-corrected chi connectivity index (χ2v) is 6.38. The SMILES string of the molecule is CC=Cc1cc(OC)c(OC(=O)Cc2ccc(/C=C/C)cc2OC)c(C(C)=O)c1. The lowest BCUT2D eigenvalue weighted by Gasteiger charge is -2.15. The van der Waals surface area contributed by atoms with Crippen LogP contribution in [-0.4, -0.2) is 26.0 Å². The minimum atomic E-state index is -0.512. The molecule has 0 aromatic heterocycles. The largest absolute Gasteiger partial charge is 0.496 e. The molecule has 0 saturated carbocycles. The summed E-state index contributed by atoms with van der Waals surface area (Å²) in [4.78, 5) is 24.8. The number of methoxy groups -OCH3 is 2. The Bertz CT molecular complexity index is 954. The molecule has 0 atom stereocenters. The number of ether oxygens (including phenoxy) is 3. The predicted molar refractivity (Wildman–Crippen MR) is 115 cm³/mol. The van der Waals surface area contributed by atoms with E-state index < -0.39 is 5.97 Å². The minimum absolute atomic E-state index is 0.00357. The first-order valence-corrected chi connectivity index (χ1v) is 9.29. The Morgan fingerprint density at radius 2 is 1.52 bits per heavy atom. The van der Waals surface area contributed by atoms with Gasteiger partial charge in [-0.3, -0.25) is 9.59 Å². The van der Waals surface area contributed by atoms with Crippen LogP contribution in [0.1, 0.15) is 47.8 Å². The molecule has 152 valence electrons. The molecular formula is C24H26O5. The molecule has 0 aliphatic carbocycles. The number of ketones is 1. The molecular weight excluding hydrogens is 368 g/mol. The smallest absolute Gasteiger partial charge is 0.315 e. The third-order valence-electron chi connectivity index (χ3n) is 4.26. The number of rotatable bonds is 8. The molecule has 0 unspecified atom stereocenters. The molecule has 0 saturated heterocycles. The standard InChI is InChI=1S/C24H26O5/c1-6-8-17-10-11-19(21(13-17)27-4)15-23(26)29-24-20(16(3)25)12-18(9-7-2)14-22(24)28-5/h6-14H,15H2,1-5H3/b8-6+,9-7?. The van der Waals surface area contributed by atoms with E-state index in [1.54, 1.807) is 19.2 Å². The number of carbonyl (C=O) groups is 2. The van der Waals surface area contributed by atoms with Crippen molar-refractivity contribution in [2.75, 3.05) is 14.2 Å². The van der Waals surface area contributed by atoms with Gasteiger partial charge >= 0.3 is 5.97 Å². The van der Waals surface area contributed by atoms with Crippen LogP contribution in [0.5, 0.6) is 17.2 Å². The number of benzene rings is 2. The van der Waals surface area contributed by atoms with Gasteiger partial charge in [-0.25, -0.2) is 0 Å². The fraction of sp³-hybridized carbons (Fsp3) is 0.250. The quantitative estimate of drug-likeness (QED) is 0.353. The van der Waals surface area contributed by atoms with Crippen molar-refractivity contribution in [2.45, 2.75) is 27.2 Å². The molecule has 0 radical (unpaired) electrons. The average molecular weight is 394 g/mol. The van der Waals surface area contributed by atoms with Crippen LogP contribution >= 0.6 is 0 Å². The molecule has 0 bridgehead atoms. The van der Waals surface area contributed by atoms with E-state index in [9.17, 15) is 9.59 Å². The van der Waals surface area contributed by atoms with E-state index in [1.807, 2.05) is 56.4 Å². The van der Waals surface area contributed by atoms with Gasteiger partial charge in [-0.1, -0.05) is 36.4 Å². The summed E-state index contributed by atoms with van der Waals surface area (Å²) in [7, 11) is 3.03. The third kappa shape index (κ3) is 5.57. The van der Waals surface area contributed by atoms with Gasteiger partial charge < -0.3 is 14.2 Å². The molecule has 5 nitrogen and oxygen atoms in total. The highest BCUT2D eigenvalue weighted by molar-refractivity contribution is 5.99. The molecule has 0 amide bonds. The van der Waals surface area contributed by atoms with Gasteiger partial charge in [0, 0.05) is 5.56 Å². The highest BCUT2D eigenvalue weighted by Gasteiger charge is 2.20. The van der Waals surface area contributed by atoms with Crippen molar-refractivity contribution in [1.82, 2.24) is 0 Å². The first-order chi connectivity index (χ1) is 13.9. The van der Waals surface area contributed by atoms with Crippen molar-refractivity contribution in [2.24, 2.45) is 0 Å². The number of allylic oxidation sites excluding steroid dienone is 2. The lowest BCUT2D eigenvalue weighted by atomic mass is 10.0. The highest BCUT2D eigenvalue weighted by atomic mass is 16.6. The second-order valence-electron chi connectivity index (χ2n) is 6.38. The molecule has 29 heavy (non-hydrogen) atoms. The van der Waals surface area contributed by atoms with Gasteiger partial charge in [-0.2, -0.15) is 0 Å². The zero-order valence-electron chi connectivity index (χ0n) is 17.4. The molecule has 0 aliphatic heterocycles. The van der Waals surface area contributed by atoms with Crippen molar-refractivity contribution in [1.29, 1.82) is 0 Å². The highest BCUT2D eigenvalue weighted by Crippen LogP contribution is 2.34. The lowest BCUT2D eigenvalue weighted by Crippen LogP contribution is -2.15. The van der Waals surface area contributed by atoms with Gasteiger partial charge in [-0.05, 0) is 50.1 Å². The van der Waals surface area contributed by atoms with Crippen LogP contribution in [0.4, 0.5) is 0 Å². The second kappa shape index (κ2) is 10.3. The van der Waals surface area contributed by atoms with E-state index in [0.29, 0.717) is 22.6 Å². The first kappa shape index (κ1) is 22.0. The molecule has 0 N–H and O–H groups in total. The van der Waals surface area contributed by atoms with Crippen LogP contribution in [0.3, 0.4) is 0 Å². The fourth-order valence-corrected chi connectivity index (χ4v) is 2.94. The number of hydrogen-bond donors (Lipinski definition) is 0. The number of carbonyl (C=O) groups excluding carboxylic acids is 2. The van der Waals surface area contributed by atoms with Gasteiger partial charge in [0.15, 0.2) is 17.3 Å². The van der Waals surface area contributed by atoms with Crippen molar-refractivity contribution in [3.05, 3.63) is 64.7 Å². The molecule has 5 heteroatoms. The van der Waals surface area contributed by atoms with Gasteiger partial charge in [0.1, 0.15) is 5.75 Å². The van der Waals surface area contributed by atoms with Crippen molar-refractivity contribution >= 4 is 23.9 Å². The van der Waals surface area contributed by atoms with E-state index in [1.165, 1.54) is 14.0 Å². The molecule has 2 aromatic rings. The zero-order chi connectivity index (χ0) is 21.4. The van der Waals surface area contributed by atoms with Crippen LogP contribution in [0, 0.1) is 0 Å². The molecule has 0 aliphatic rings. The van der Waals surface area contributed by atoms with Crippen LogP contribution < -0.4 is 14.2 Å². The summed E-state index contributed by atoms with van der Waals surface area (Å²) in [6.07, 6.45) is 7.57. The summed E-state index contributed by atoms with van der Waals surface area (Å²) in [5.74, 6) is 0.324. The summed E-state index contributed by atoms with van der Waals surface area (Å²) in [6, 6.07) is 8.99. The molecule has 0 spiro atoms. The van der Waals surface area contributed by atoms with Gasteiger partial charge in [0.2, 0.25) is 0 Å². The Morgan fingerprint density at radius 1 is 0.897 bits per heavy atom. The molecule has 2 aromatic carbocycles. The van der Waals surface area contributed by atoms with E-state index >= 15 is 0 Å². The van der Waals surface area contributed by atoms with Gasteiger partial charge in [0.05, 0.1) is 26.2 Å². The van der Waals surface area contributed by atoms with E-state index in [4.69, 9.17) is 14.2 Å². The Labute approximate surface area is 171 Å². The van der Waals surface area contributed by atoms with Crippen molar-refractivity contribution in [3.8, 4) is 17.2 Å². The number of esters is 1. The Hall–Kier alpha value is -3.34. The summed E-state index contributed by atoms with van der Waals surface area (Å²) in [5, 5.41) is 0. The minimum Gasteiger partial charge on any atom is -0.496 e. The molecule has 2 rings (SSSR count). The van der Waals surface area contributed by atoms with E-state index in [0.717, 1.165) is 11.1 Å². The average Bonchev–Trinajstić information content (AvgIpc) is 2.70. The maximum absolute atomic E-state index is 12.6. The Balaban J connectivity index is 2.34. The zero-order valence-corrected chi connectivity index (χ0v) is 17.4. The van der Waals surface area contributed by atoms with Crippen molar-refractivity contribution < 1.29 is 23.8 Å². The number of Topliss-reactive ketones (excluding diaryl/α,β-unsaturated/α-hetero) is 1. The normalized spacial score (nSPS) is 11.1. The summed E-state index contributed by atoms with van der Waals surface area (Å²) < 4.78 is 16.3. The third-order valence-corrected chi connectivity index (χ3v) is 4.26. The van der Waals surface area contributed by atoms with Crippen molar-refractivity contribution in [3.63, 3.8) is 0 Å². The van der Waals surface area contributed by atoms with E-state index in [-0.39, 0.29) is 18.0 Å². The predicted octanol–water partition coefficient (Wildman–Crippen LogP) is 5.12. The lowest BCUT2D eigenvalue weighted by molar-refractivity contribution is -0.133. The fourth-order valence-electron chi connectivity index (χ4n) is 2.94. The van der Waals surface area contributed by atoms with Crippen LogP contribution in [-0.2, 0) is 11.2 Å². The summed E-state index contributed by atoms with van der Waals surface area (Å²) in [5.41, 5.74) is 2.75. The Morgan fingerprint density at radius 3 is 2.10 bits per heavy atom.